The second-order valence-corrected chi connectivity index (χ2v) is 13.3. The first kappa shape index (κ1) is 40.5. The maximum atomic E-state index is 13.6. The molecule has 10 atom stereocenters. The van der Waals surface area contributed by atoms with E-state index in [-0.39, 0.29) is 44.9 Å². The molecule has 50 heavy (non-hydrogen) atoms. The molecule has 284 valence electrons. The molecule has 1 aromatic carbocycles. The number of hydrogen-bond acceptors (Lipinski definition) is 14. The second-order valence-electron chi connectivity index (χ2n) is 13.3. The number of ether oxygens (including phenoxy) is 8. The Morgan fingerprint density at radius 2 is 1.28 bits per heavy atom. The molecule has 0 aliphatic carbocycles. The number of nitrogens with zero attached hydrogens (tertiary/aromatic N) is 2. The summed E-state index contributed by atoms with van der Waals surface area (Å²) in [4.78, 5) is 29.9. The zero-order chi connectivity index (χ0) is 36.5. The van der Waals surface area contributed by atoms with E-state index in [0.717, 1.165) is 5.56 Å². The van der Waals surface area contributed by atoms with Gasteiger partial charge in [0.25, 0.3) is 11.8 Å². The summed E-state index contributed by atoms with van der Waals surface area (Å²) in [6.07, 6.45) is -14.9. The number of aliphatic hydroxyl groups is 4. The number of carbonyl (C=O) groups excluding carboxylic acids is 2. The molecule has 0 aromatic heterocycles. The molecule has 3 saturated heterocycles. The number of rotatable bonds is 16. The fourth-order valence-corrected chi connectivity index (χ4v) is 5.92. The molecule has 0 spiro atoms. The average Bonchev–Trinajstić information content (AvgIpc) is 3.59. The Hall–Kier alpha value is -2.32. The standard InChI is InChI=1S/C34H54N2O14/c1-19(2)47-28-24(38)25(39)33(49-30(28)32(42)35(5)17-21-11-8-7-9-12-21)46-14-10-13-45-27-23(37)26(40)34(48-20(3)4)50-29(27)31(41)36(6)18-22-43-15-16-44-22/h7-9,11-12,19-20,22-30,33-34,37-40H,10,13-18H2,1-6H3/t23-,24-,25+,26+,27+,28+,29?,30?,33-,34-/m1/s1. The molecule has 16 heteroatoms. The highest BCUT2D eigenvalue weighted by Gasteiger charge is 2.51. The third-order valence-electron chi connectivity index (χ3n) is 8.42. The molecule has 3 heterocycles. The number of hydrogen-bond donors (Lipinski definition) is 4. The number of aliphatic hydroxyl groups excluding tert-OH is 4. The van der Waals surface area contributed by atoms with Crippen molar-refractivity contribution in [3.8, 4) is 0 Å². The molecule has 2 amide bonds. The van der Waals surface area contributed by atoms with Crippen LogP contribution in [0.15, 0.2) is 30.3 Å². The predicted molar refractivity (Wildman–Crippen MR) is 174 cm³/mol. The summed E-state index contributed by atoms with van der Waals surface area (Å²) in [5.74, 6) is -0.994. The van der Waals surface area contributed by atoms with Gasteiger partial charge in [0.2, 0.25) is 0 Å². The minimum absolute atomic E-state index is 0.0644. The lowest BCUT2D eigenvalue weighted by molar-refractivity contribution is -0.308. The summed E-state index contributed by atoms with van der Waals surface area (Å²) in [5, 5.41) is 43.6. The van der Waals surface area contributed by atoms with E-state index in [2.05, 4.69) is 0 Å². The van der Waals surface area contributed by atoms with Crippen molar-refractivity contribution in [2.75, 3.05) is 47.1 Å². The third-order valence-corrected chi connectivity index (χ3v) is 8.42. The number of carbonyl (C=O) groups is 2. The Balaban J connectivity index is 1.36. The predicted octanol–water partition coefficient (Wildman–Crippen LogP) is -0.620. The lowest BCUT2D eigenvalue weighted by Gasteiger charge is -2.43. The van der Waals surface area contributed by atoms with Crippen molar-refractivity contribution in [1.29, 1.82) is 0 Å². The van der Waals surface area contributed by atoms with Crippen LogP contribution in [0, 0.1) is 0 Å². The SMILES string of the molecule is CC(C)O[C@@H]1OC(C(=O)N(C)CC2OCCO2)[C@@H](OCCCO[C@@H]2OC(C(=O)N(C)Cc3ccccc3)[C@@H](OC(C)C)[C@H](O)[C@@H]2O)[C@H](O)[C@@H]1O. The molecule has 0 saturated carbocycles. The molecule has 1 aromatic rings. The minimum atomic E-state index is -1.54. The lowest BCUT2D eigenvalue weighted by Crippen LogP contribution is -2.63. The molecule has 4 N–H and O–H groups in total. The Morgan fingerprint density at radius 1 is 0.740 bits per heavy atom. The van der Waals surface area contributed by atoms with Crippen LogP contribution in [-0.4, -0.2) is 169 Å². The summed E-state index contributed by atoms with van der Waals surface area (Å²) in [6.45, 7) is 8.03. The molecule has 3 fully saturated rings. The monoisotopic (exact) mass is 714 g/mol. The number of benzene rings is 1. The largest absolute Gasteiger partial charge is 0.387 e. The van der Waals surface area contributed by atoms with Crippen LogP contribution in [-0.2, 0) is 54.0 Å². The highest BCUT2D eigenvalue weighted by molar-refractivity contribution is 5.82. The molecule has 3 aliphatic rings. The van der Waals surface area contributed by atoms with Gasteiger partial charge in [-0.3, -0.25) is 9.59 Å². The highest BCUT2D eigenvalue weighted by Crippen LogP contribution is 2.29. The fourth-order valence-electron chi connectivity index (χ4n) is 5.92. The number of likely N-dealkylation sites (N-methyl/N-ethyl adjacent to an activating group) is 2. The summed E-state index contributed by atoms with van der Waals surface area (Å²) in [7, 11) is 3.15. The molecule has 2 unspecified atom stereocenters. The van der Waals surface area contributed by atoms with Crippen molar-refractivity contribution in [3.05, 3.63) is 35.9 Å². The Bertz CT molecular complexity index is 1190. The Morgan fingerprint density at radius 3 is 1.92 bits per heavy atom. The minimum Gasteiger partial charge on any atom is -0.387 e. The van der Waals surface area contributed by atoms with Crippen molar-refractivity contribution in [3.63, 3.8) is 0 Å². The summed E-state index contributed by atoms with van der Waals surface area (Å²) in [5.41, 5.74) is 0.894. The van der Waals surface area contributed by atoms with Gasteiger partial charge in [0, 0.05) is 27.2 Å². The van der Waals surface area contributed by atoms with Crippen molar-refractivity contribution in [1.82, 2.24) is 9.80 Å². The van der Waals surface area contributed by atoms with Crippen LogP contribution in [0.2, 0.25) is 0 Å². The van der Waals surface area contributed by atoms with Gasteiger partial charge in [-0.05, 0) is 39.7 Å². The Kier molecular flexibility index (Phi) is 15.3. The van der Waals surface area contributed by atoms with Gasteiger partial charge < -0.3 is 68.1 Å². The molecule has 4 rings (SSSR count). The van der Waals surface area contributed by atoms with Crippen LogP contribution in [0.1, 0.15) is 39.7 Å². The maximum Gasteiger partial charge on any atom is 0.254 e. The van der Waals surface area contributed by atoms with Crippen LogP contribution in [0.5, 0.6) is 0 Å². The maximum absolute atomic E-state index is 13.6. The van der Waals surface area contributed by atoms with E-state index >= 15 is 0 Å². The van der Waals surface area contributed by atoms with E-state index < -0.39 is 79.5 Å². The number of amides is 2. The van der Waals surface area contributed by atoms with E-state index in [1.807, 2.05) is 30.3 Å². The van der Waals surface area contributed by atoms with Gasteiger partial charge in [0.1, 0.15) is 36.6 Å². The summed E-state index contributed by atoms with van der Waals surface area (Å²) >= 11 is 0. The fraction of sp³-hybridized carbons (Fsp3) is 0.765. The van der Waals surface area contributed by atoms with Gasteiger partial charge in [0.15, 0.2) is 31.1 Å². The summed E-state index contributed by atoms with van der Waals surface area (Å²) in [6, 6.07) is 9.37. The van der Waals surface area contributed by atoms with Gasteiger partial charge in [0.05, 0.1) is 38.6 Å². The Labute approximate surface area is 293 Å². The van der Waals surface area contributed by atoms with E-state index in [4.69, 9.17) is 37.9 Å². The van der Waals surface area contributed by atoms with E-state index in [0.29, 0.717) is 13.2 Å². The first-order valence-electron chi connectivity index (χ1n) is 17.1. The first-order valence-corrected chi connectivity index (χ1v) is 17.1. The molecular formula is C34H54N2O14. The first-order chi connectivity index (χ1) is 23.8. The van der Waals surface area contributed by atoms with E-state index in [1.54, 1.807) is 34.7 Å². The molecular weight excluding hydrogens is 660 g/mol. The van der Waals surface area contributed by atoms with Crippen LogP contribution in [0.4, 0.5) is 0 Å². The second kappa shape index (κ2) is 19.0. The van der Waals surface area contributed by atoms with Crippen LogP contribution in [0.3, 0.4) is 0 Å². The van der Waals surface area contributed by atoms with Crippen molar-refractivity contribution in [2.45, 2.75) is 121 Å². The van der Waals surface area contributed by atoms with E-state index in [1.165, 1.54) is 16.8 Å². The third kappa shape index (κ3) is 10.6. The zero-order valence-electron chi connectivity index (χ0n) is 29.6. The zero-order valence-corrected chi connectivity index (χ0v) is 29.6. The van der Waals surface area contributed by atoms with Gasteiger partial charge in [-0.2, -0.15) is 0 Å². The molecule has 0 radical (unpaired) electrons. The van der Waals surface area contributed by atoms with Crippen molar-refractivity contribution in [2.24, 2.45) is 0 Å². The van der Waals surface area contributed by atoms with Gasteiger partial charge in [-0.25, -0.2) is 0 Å². The van der Waals surface area contributed by atoms with Crippen LogP contribution in [0.25, 0.3) is 0 Å². The highest BCUT2D eigenvalue weighted by atomic mass is 16.7. The molecule has 0 bridgehead atoms. The van der Waals surface area contributed by atoms with Crippen molar-refractivity contribution < 1.29 is 67.9 Å². The molecule has 3 aliphatic heterocycles. The summed E-state index contributed by atoms with van der Waals surface area (Å²) < 4.78 is 45.8. The van der Waals surface area contributed by atoms with Crippen LogP contribution >= 0.6 is 0 Å². The molecule has 16 nitrogen and oxygen atoms in total. The van der Waals surface area contributed by atoms with Gasteiger partial charge in [-0.15, -0.1) is 0 Å². The average molecular weight is 715 g/mol. The van der Waals surface area contributed by atoms with Crippen LogP contribution < -0.4 is 0 Å². The van der Waals surface area contributed by atoms with E-state index in [9.17, 15) is 30.0 Å². The topological polar surface area (TPSA) is 195 Å². The quantitative estimate of drug-likeness (QED) is 0.158. The smallest absolute Gasteiger partial charge is 0.254 e. The normalized spacial score (nSPS) is 32.1. The van der Waals surface area contributed by atoms with Gasteiger partial charge in [-0.1, -0.05) is 30.3 Å². The lowest BCUT2D eigenvalue weighted by atomic mass is 9.97. The van der Waals surface area contributed by atoms with Gasteiger partial charge >= 0.3 is 0 Å². The van der Waals surface area contributed by atoms with Crippen molar-refractivity contribution >= 4 is 11.8 Å².